The zero-order chi connectivity index (χ0) is 20.0. The van der Waals surface area contributed by atoms with Crippen LogP contribution in [0.5, 0.6) is 0 Å². The van der Waals surface area contributed by atoms with Gasteiger partial charge in [-0.15, -0.1) is 0 Å². The molecular formula is C24H46O3. The van der Waals surface area contributed by atoms with Gasteiger partial charge in [-0.3, -0.25) is 4.79 Å². The van der Waals surface area contributed by atoms with Crippen molar-refractivity contribution in [3.63, 3.8) is 0 Å². The fraction of sp³-hybridized carbons (Fsp3) is 0.875. The molecule has 0 fully saturated rings. The van der Waals surface area contributed by atoms with E-state index in [1.807, 2.05) is 0 Å². The molecule has 2 N–H and O–H groups in total. The van der Waals surface area contributed by atoms with Crippen LogP contribution < -0.4 is 0 Å². The maximum absolute atomic E-state index is 10.4. The number of aliphatic hydroxyl groups is 1. The SMILES string of the molecule is CCCC=CCC(O)CCCCCCCCCCCCCCCCC(=O)O. The Kier molecular flexibility index (Phi) is 20.8. The first-order valence-electron chi connectivity index (χ1n) is 11.7. The van der Waals surface area contributed by atoms with Crippen LogP contribution >= 0.6 is 0 Å². The second-order valence-corrected chi connectivity index (χ2v) is 8.03. The number of unbranched alkanes of at least 4 members (excludes halogenated alkanes) is 14. The van der Waals surface area contributed by atoms with E-state index in [9.17, 15) is 9.90 Å². The van der Waals surface area contributed by atoms with Crippen molar-refractivity contribution >= 4 is 5.97 Å². The summed E-state index contributed by atoms with van der Waals surface area (Å²) in [5.74, 6) is -0.664. The molecular weight excluding hydrogens is 336 g/mol. The van der Waals surface area contributed by atoms with E-state index in [0.29, 0.717) is 6.42 Å². The highest BCUT2D eigenvalue weighted by molar-refractivity contribution is 5.66. The van der Waals surface area contributed by atoms with Crippen molar-refractivity contribution in [2.45, 2.75) is 135 Å². The Morgan fingerprint density at radius 2 is 1.19 bits per heavy atom. The maximum Gasteiger partial charge on any atom is 0.303 e. The van der Waals surface area contributed by atoms with E-state index in [4.69, 9.17) is 5.11 Å². The predicted molar refractivity (Wildman–Crippen MR) is 116 cm³/mol. The van der Waals surface area contributed by atoms with Crippen LogP contribution in [0.3, 0.4) is 0 Å². The Labute approximate surface area is 168 Å². The average molecular weight is 383 g/mol. The second-order valence-electron chi connectivity index (χ2n) is 8.03. The van der Waals surface area contributed by atoms with Crippen LogP contribution in [0.2, 0.25) is 0 Å². The number of hydrogen-bond acceptors (Lipinski definition) is 2. The molecule has 0 aliphatic rings. The monoisotopic (exact) mass is 382 g/mol. The molecule has 0 aromatic rings. The molecule has 1 unspecified atom stereocenters. The Morgan fingerprint density at radius 3 is 1.63 bits per heavy atom. The highest BCUT2D eigenvalue weighted by atomic mass is 16.4. The van der Waals surface area contributed by atoms with Crippen LogP contribution in [0.15, 0.2) is 12.2 Å². The van der Waals surface area contributed by atoms with Gasteiger partial charge >= 0.3 is 5.97 Å². The van der Waals surface area contributed by atoms with Gasteiger partial charge in [0.25, 0.3) is 0 Å². The van der Waals surface area contributed by atoms with Crippen LogP contribution in [0, 0.1) is 0 Å². The Bertz CT molecular complexity index is 339. The molecule has 0 aliphatic heterocycles. The molecule has 0 radical (unpaired) electrons. The molecule has 0 aromatic heterocycles. The molecule has 1 atom stereocenters. The second kappa shape index (κ2) is 21.5. The number of allylic oxidation sites excluding steroid dienone is 1. The molecule has 0 spiro atoms. The van der Waals surface area contributed by atoms with Gasteiger partial charge in [-0.25, -0.2) is 0 Å². The summed E-state index contributed by atoms with van der Waals surface area (Å²) >= 11 is 0. The Morgan fingerprint density at radius 1 is 0.741 bits per heavy atom. The molecule has 0 saturated carbocycles. The smallest absolute Gasteiger partial charge is 0.303 e. The fourth-order valence-corrected chi connectivity index (χ4v) is 3.43. The van der Waals surface area contributed by atoms with Crippen LogP contribution in [0.25, 0.3) is 0 Å². The number of aliphatic carboxylic acids is 1. The molecule has 0 aromatic carbocycles. The summed E-state index contributed by atoms with van der Waals surface area (Å²) in [5.41, 5.74) is 0. The molecule has 0 amide bonds. The largest absolute Gasteiger partial charge is 0.481 e. The molecule has 3 heteroatoms. The summed E-state index contributed by atoms with van der Waals surface area (Å²) in [4.78, 5) is 10.4. The van der Waals surface area contributed by atoms with Gasteiger partial charge in [0, 0.05) is 6.42 Å². The van der Waals surface area contributed by atoms with Crippen molar-refractivity contribution in [1.82, 2.24) is 0 Å². The van der Waals surface area contributed by atoms with E-state index >= 15 is 0 Å². The average Bonchev–Trinajstić information content (AvgIpc) is 2.64. The summed E-state index contributed by atoms with van der Waals surface area (Å²) in [6, 6.07) is 0. The summed E-state index contributed by atoms with van der Waals surface area (Å²) in [6.45, 7) is 2.18. The highest BCUT2D eigenvalue weighted by Crippen LogP contribution is 2.14. The van der Waals surface area contributed by atoms with Crippen LogP contribution in [0.1, 0.15) is 129 Å². The number of carboxylic acid groups (broad SMARTS) is 1. The third-order valence-electron chi connectivity index (χ3n) is 5.21. The van der Waals surface area contributed by atoms with Gasteiger partial charge in [-0.1, -0.05) is 109 Å². The van der Waals surface area contributed by atoms with Gasteiger partial charge in [0.05, 0.1) is 6.10 Å². The zero-order valence-corrected chi connectivity index (χ0v) is 18.0. The molecule has 0 aliphatic carbocycles. The first-order valence-corrected chi connectivity index (χ1v) is 11.7. The minimum Gasteiger partial charge on any atom is -0.481 e. The van der Waals surface area contributed by atoms with Crippen molar-refractivity contribution in [3.05, 3.63) is 12.2 Å². The molecule has 3 nitrogen and oxygen atoms in total. The van der Waals surface area contributed by atoms with E-state index in [2.05, 4.69) is 19.1 Å². The summed E-state index contributed by atoms with van der Waals surface area (Å²) < 4.78 is 0. The van der Waals surface area contributed by atoms with E-state index in [1.165, 1.54) is 77.0 Å². The van der Waals surface area contributed by atoms with Gasteiger partial charge < -0.3 is 10.2 Å². The van der Waals surface area contributed by atoms with Gasteiger partial charge in [-0.2, -0.15) is 0 Å². The highest BCUT2D eigenvalue weighted by Gasteiger charge is 2.01. The lowest BCUT2D eigenvalue weighted by molar-refractivity contribution is -0.137. The van der Waals surface area contributed by atoms with E-state index in [-0.39, 0.29) is 6.10 Å². The quantitative estimate of drug-likeness (QED) is 0.160. The van der Waals surface area contributed by atoms with Crippen molar-refractivity contribution in [2.75, 3.05) is 0 Å². The summed E-state index contributed by atoms with van der Waals surface area (Å²) in [5, 5.41) is 18.5. The first kappa shape index (κ1) is 26.2. The van der Waals surface area contributed by atoms with Crippen molar-refractivity contribution in [2.24, 2.45) is 0 Å². The topological polar surface area (TPSA) is 57.5 Å². The van der Waals surface area contributed by atoms with E-state index in [0.717, 1.165) is 38.5 Å². The van der Waals surface area contributed by atoms with Crippen molar-refractivity contribution in [3.8, 4) is 0 Å². The van der Waals surface area contributed by atoms with Gasteiger partial charge in [0.2, 0.25) is 0 Å². The zero-order valence-electron chi connectivity index (χ0n) is 18.0. The normalized spacial score (nSPS) is 12.7. The molecule has 27 heavy (non-hydrogen) atoms. The minimum absolute atomic E-state index is 0.143. The fourth-order valence-electron chi connectivity index (χ4n) is 3.43. The van der Waals surface area contributed by atoms with E-state index < -0.39 is 5.97 Å². The van der Waals surface area contributed by atoms with Crippen LogP contribution in [0.4, 0.5) is 0 Å². The molecule has 0 rings (SSSR count). The lowest BCUT2D eigenvalue weighted by atomic mass is 10.0. The first-order chi connectivity index (χ1) is 13.2. The van der Waals surface area contributed by atoms with Gasteiger partial charge in [-0.05, 0) is 25.7 Å². The number of hydrogen-bond donors (Lipinski definition) is 2. The lowest BCUT2D eigenvalue weighted by Crippen LogP contribution is -2.04. The molecule has 160 valence electrons. The van der Waals surface area contributed by atoms with Crippen LogP contribution in [-0.4, -0.2) is 22.3 Å². The standard InChI is InChI=1S/C24H46O3/c1-2-3-4-17-20-23(25)21-18-15-13-11-9-7-5-6-8-10-12-14-16-19-22-24(26)27/h4,17,23,25H,2-3,5-16,18-22H2,1H3,(H,26,27). The number of carboxylic acids is 1. The molecule has 0 saturated heterocycles. The molecule has 0 heterocycles. The van der Waals surface area contributed by atoms with Crippen LogP contribution in [-0.2, 0) is 4.79 Å². The predicted octanol–water partition coefficient (Wildman–Crippen LogP) is 7.42. The maximum atomic E-state index is 10.4. The van der Waals surface area contributed by atoms with Gasteiger partial charge in [0.15, 0.2) is 0 Å². The minimum atomic E-state index is -0.664. The van der Waals surface area contributed by atoms with Gasteiger partial charge in [0.1, 0.15) is 0 Å². The Hall–Kier alpha value is -0.830. The third kappa shape index (κ3) is 23.1. The number of rotatable bonds is 21. The number of aliphatic hydroxyl groups excluding tert-OH is 1. The Balaban J connectivity index is 3.13. The summed E-state index contributed by atoms with van der Waals surface area (Å²) in [6.07, 6.45) is 26.1. The number of carbonyl (C=O) groups is 1. The lowest BCUT2D eigenvalue weighted by Gasteiger charge is -2.07. The third-order valence-corrected chi connectivity index (χ3v) is 5.21. The molecule has 0 bridgehead atoms. The summed E-state index contributed by atoms with van der Waals surface area (Å²) in [7, 11) is 0. The van der Waals surface area contributed by atoms with Crippen molar-refractivity contribution in [1.29, 1.82) is 0 Å². The van der Waals surface area contributed by atoms with Crippen molar-refractivity contribution < 1.29 is 15.0 Å². The van der Waals surface area contributed by atoms with E-state index in [1.54, 1.807) is 0 Å².